The van der Waals surface area contributed by atoms with Gasteiger partial charge in [-0.05, 0) is 91.1 Å². The Morgan fingerprint density at radius 2 is 1.02 bits per heavy atom. The lowest BCUT2D eigenvalue weighted by molar-refractivity contribution is -0.161. The molecule has 0 saturated carbocycles. The van der Waals surface area contributed by atoms with Crippen LogP contribution in [0.15, 0.2) is 72.9 Å². The summed E-state index contributed by atoms with van der Waals surface area (Å²) in [7, 11) is -0.746. The van der Waals surface area contributed by atoms with E-state index >= 15 is 0 Å². The van der Waals surface area contributed by atoms with Crippen molar-refractivity contribution in [3.05, 3.63) is 72.9 Å². The van der Waals surface area contributed by atoms with Crippen molar-refractivity contribution in [2.24, 2.45) is 0 Å². The van der Waals surface area contributed by atoms with Crippen LogP contribution in [0.4, 0.5) is 0 Å². The van der Waals surface area contributed by atoms with Gasteiger partial charge in [0.25, 0.3) is 0 Å². The van der Waals surface area contributed by atoms with Crippen molar-refractivity contribution >= 4 is 19.8 Å². The highest BCUT2D eigenvalue weighted by Crippen LogP contribution is 2.43. The van der Waals surface area contributed by atoms with Crippen molar-refractivity contribution in [2.75, 3.05) is 40.5 Å². The molecular weight excluding hydrogens is 737 g/mol. The first kappa shape index (κ1) is 54.5. The predicted octanol–water partition coefficient (Wildman–Crippen LogP) is 12.9. The molecular formula is C47H82NO8P. The van der Waals surface area contributed by atoms with Crippen LogP contribution >= 0.6 is 7.82 Å². The molecule has 57 heavy (non-hydrogen) atoms. The van der Waals surface area contributed by atoms with Crippen molar-refractivity contribution in [1.82, 2.24) is 4.90 Å². The molecule has 0 rings (SSSR count). The summed E-state index contributed by atoms with van der Waals surface area (Å²) in [6.45, 7) is 4.12. The highest BCUT2D eigenvalue weighted by molar-refractivity contribution is 7.47. The van der Waals surface area contributed by atoms with Crippen LogP contribution in [0.5, 0.6) is 0 Å². The van der Waals surface area contributed by atoms with Gasteiger partial charge < -0.3 is 19.3 Å². The van der Waals surface area contributed by atoms with Gasteiger partial charge in [-0.2, -0.15) is 0 Å². The SMILES string of the molecule is CC/C=C\C/C=C\C/C=C\C/C=C\C/C=C\CCCC(=O)OCC(COP(=O)(O)OCCN(C)C)OC(=O)CCCCCCCCC/C=C\CCCCCCCC. The minimum absolute atomic E-state index is 0.00549. The molecule has 0 fully saturated rings. The monoisotopic (exact) mass is 820 g/mol. The topological polar surface area (TPSA) is 112 Å². The minimum atomic E-state index is -4.38. The summed E-state index contributed by atoms with van der Waals surface area (Å²) >= 11 is 0. The number of hydrogen-bond donors (Lipinski definition) is 1. The van der Waals surface area contributed by atoms with Crippen molar-refractivity contribution in [3.8, 4) is 0 Å². The fraction of sp³-hybridized carbons (Fsp3) is 0.702. The number of unbranched alkanes of at least 4 members (excludes halogenated alkanes) is 14. The van der Waals surface area contributed by atoms with Crippen molar-refractivity contribution in [1.29, 1.82) is 0 Å². The van der Waals surface area contributed by atoms with E-state index in [1.807, 2.05) is 19.0 Å². The number of phosphoric acid groups is 1. The van der Waals surface area contributed by atoms with E-state index in [9.17, 15) is 19.0 Å². The molecule has 2 atom stereocenters. The molecule has 0 aliphatic heterocycles. The molecule has 2 unspecified atom stereocenters. The van der Waals surface area contributed by atoms with Gasteiger partial charge in [0, 0.05) is 19.4 Å². The van der Waals surface area contributed by atoms with E-state index in [0.29, 0.717) is 19.4 Å². The van der Waals surface area contributed by atoms with Crippen molar-refractivity contribution in [2.45, 2.75) is 174 Å². The number of carbonyl (C=O) groups excluding carboxylic acids is 2. The van der Waals surface area contributed by atoms with Gasteiger partial charge in [-0.15, -0.1) is 0 Å². The van der Waals surface area contributed by atoms with E-state index < -0.39 is 32.5 Å². The number of likely N-dealkylation sites (N-methyl/N-ethyl adjacent to an activating group) is 1. The van der Waals surface area contributed by atoms with Crippen LogP contribution in [0, 0.1) is 0 Å². The Hall–Kier alpha value is -2.55. The molecule has 0 aromatic heterocycles. The minimum Gasteiger partial charge on any atom is -0.462 e. The predicted molar refractivity (Wildman–Crippen MR) is 238 cm³/mol. The van der Waals surface area contributed by atoms with Crippen LogP contribution in [0.25, 0.3) is 0 Å². The zero-order valence-corrected chi connectivity index (χ0v) is 37.4. The average Bonchev–Trinajstić information content (AvgIpc) is 3.18. The van der Waals surface area contributed by atoms with E-state index in [-0.39, 0.29) is 26.1 Å². The molecule has 0 saturated heterocycles. The number of phosphoric ester groups is 1. The second-order valence-electron chi connectivity index (χ2n) is 14.8. The molecule has 9 nitrogen and oxygen atoms in total. The van der Waals surface area contributed by atoms with E-state index in [1.165, 1.54) is 64.2 Å². The third-order valence-corrected chi connectivity index (χ3v) is 9.98. The van der Waals surface area contributed by atoms with Crippen molar-refractivity contribution in [3.63, 3.8) is 0 Å². The van der Waals surface area contributed by atoms with E-state index in [1.54, 1.807) is 0 Å². The second kappa shape index (κ2) is 41.6. The first-order valence-corrected chi connectivity index (χ1v) is 23.7. The summed E-state index contributed by atoms with van der Waals surface area (Å²) in [5, 5.41) is 0. The molecule has 0 heterocycles. The number of rotatable bonds is 40. The lowest BCUT2D eigenvalue weighted by Gasteiger charge is -2.20. The molecule has 0 aromatic rings. The summed E-state index contributed by atoms with van der Waals surface area (Å²) in [5.41, 5.74) is 0. The number of ether oxygens (including phenoxy) is 2. The largest absolute Gasteiger partial charge is 0.472 e. The maximum absolute atomic E-state index is 12.7. The van der Waals surface area contributed by atoms with Gasteiger partial charge in [0.1, 0.15) is 6.61 Å². The average molecular weight is 820 g/mol. The quantitative estimate of drug-likeness (QED) is 0.0279. The van der Waals surface area contributed by atoms with Gasteiger partial charge in [0.05, 0.1) is 13.2 Å². The van der Waals surface area contributed by atoms with Crippen molar-refractivity contribution < 1.29 is 37.6 Å². The molecule has 0 bridgehead atoms. The lowest BCUT2D eigenvalue weighted by atomic mass is 10.1. The first-order valence-electron chi connectivity index (χ1n) is 22.2. The number of carbonyl (C=O) groups is 2. The highest BCUT2D eigenvalue weighted by atomic mass is 31.2. The standard InChI is InChI=1S/C47H82NO8P/c1-5-7-9-11-13-15-17-19-21-23-25-27-29-31-33-35-37-39-46(49)53-43-45(44-55-57(51,52)54-42-41-48(3)4)56-47(50)40-38-36-34-32-30-28-26-24-22-20-18-16-14-12-10-8-6-2/h7,9,13,15,19-22,25,27,31,33,45H,5-6,8,10-12,14,16-18,23-24,26,28-30,32,34-44H2,1-4H3,(H,51,52)/b9-7-,15-13-,21-19-,22-20-,27-25-,33-31-. The van der Waals surface area contributed by atoms with Crippen LogP contribution in [0.2, 0.25) is 0 Å². The highest BCUT2D eigenvalue weighted by Gasteiger charge is 2.26. The Morgan fingerprint density at radius 1 is 0.561 bits per heavy atom. The van der Waals surface area contributed by atoms with Gasteiger partial charge in [-0.3, -0.25) is 18.6 Å². The summed E-state index contributed by atoms with van der Waals surface area (Å²) < 4.78 is 33.4. The Balaban J connectivity index is 4.39. The summed E-state index contributed by atoms with van der Waals surface area (Å²) in [6.07, 6.45) is 49.5. The fourth-order valence-corrected chi connectivity index (χ4v) is 6.34. The molecule has 1 N–H and O–H groups in total. The Kier molecular flexibility index (Phi) is 39.7. The maximum atomic E-state index is 12.7. The van der Waals surface area contributed by atoms with Gasteiger partial charge in [0.15, 0.2) is 6.10 Å². The molecule has 0 radical (unpaired) electrons. The van der Waals surface area contributed by atoms with Gasteiger partial charge in [-0.1, -0.05) is 151 Å². The molecule has 0 aromatic carbocycles. The fourth-order valence-electron chi connectivity index (χ4n) is 5.60. The third kappa shape index (κ3) is 42.9. The van der Waals surface area contributed by atoms with Gasteiger partial charge in [-0.25, -0.2) is 4.57 Å². The summed E-state index contributed by atoms with van der Waals surface area (Å²) in [6, 6.07) is 0. The number of allylic oxidation sites excluding steroid dienone is 12. The lowest BCUT2D eigenvalue weighted by Crippen LogP contribution is -2.29. The molecule has 0 aliphatic rings. The Bertz CT molecular complexity index is 1180. The van der Waals surface area contributed by atoms with E-state index in [0.717, 1.165) is 64.2 Å². The van der Waals surface area contributed by atoms with Crippen LogP contribution in [0.3, 0.4) is 0 Å². The second-order valence-corrected chi connectivity index (χ2v) is 16.3. The number of nitrogens with zero attached hydrogens (tertiary/aromatic N) is 1. The van der Waals surface area contributed by atoms with Crippen LogP contribution in [0.1, 0.15) is 168 Å². The normalized spacial score (nSPS) is 14.1. The number of hydrogen-bond acceptors (Lipinski definition) is 8. The first-order chi connectivity index (χ1) is 27.7. The zero-order valence-electron chi connectivity index (χ0n) is 36.5. The van der Waals surface area contributed by atoms with Crippen LogP contribution in [-0.4, -0.2) is 68.3 Å². The van der Waals surface area contributed by atoms with Crippen LogP contribution in [-0.2, 0) is 32.7 Å². The summed E-state index contributed by atoms with van der Waals surface area (Å²) in [4.78, 5) is 37.0. The molecule has 0 amide bonds. The zero-order chi connectivity index (χ0) is 41.9. The maximum Gasteiger partial charge on any atom is 0.472 e. The van der Waals surface area contributed by atoms with E-state index in [2.05, 4.69) is 86.8 Å². The molecule has 10 heteroatoms. The third-order valence-electron chi connectivity index (χ3n) is 9.00. The van der Waals surface area contributed by atoms with Gasteiger partial charge >= 0.3 is 19.8 Å². The van der Waals surface area contributed by atoms with E-state index in [4.69, 9.17) is 18.5 Å². The molecule has 0 aliphatic carbocycles. The molecule has 0 spiro atoms. The Labute approximate surface area is 348 Å². The summed E-state index contributed by atoms with van der Waals surface area (Å²) in [5.74, 6) is -0.880. The Morgan fingerprint density at radius 3 is 1.56 bits per heavy atom. The van der Waals surface area contributed by atoms with Crippen LogP contribution < -0.4 is 0 Å². The van der Waals surface area contributed by atoms with Gasteiger partial charge in [0.2, 0.25) is 0 Å². The molecule has 328 valence electrons. The smallest absolute Gasteiger partial charge is 0.462 e. The number of esters is 2.